The fraction of sp³-hybridized carbons (Fsp3) is 0.588. The summed E-state index contributed by atoms with van der Waals surface area (Å²) < 4.78 is 5.60. The number of nitrogens with one attached hydrogen (secondary N) is 1. The average molecular weight is 308 g/mol. The molecule has 1 aromatic carbocycles. The van der Waals surface area contributed by atoms with Gasteiger partial charge in [-0.05, 0) is 42.5 Å². The minimum absolute atomic E-state index is 0.158. The van der Waals surface area contributed by atoms with Gasteiger partial charge in [-0.25, -0.2) is 0 Å². The molecule has 0 aromatic heterocycles. The van der Waals surface area contributed by atoms with Crippen LogP contribution in [0.1, 0.15) is 31.9 Å². The van der Waals surface area contributed by atoms with Crippen LogP contribution < -0.4 is 15.8 Å². The molecule has 0 saturated heterocycles. The highest BCUT2D eigenvalue weighted by Gasteiger charge is 2.29. The van der Waals surface area contributed by atoms with Gasteiger partial charge in [0, 0.05) is 6.54 Å². The first-order valence-corrected chi connectivity index (χ1v) is 7.51. The third-order valence-electron chi connectivity index (χ3n) is 3.35. The number of carbonyl (C=O) groups excluding carboxylic acids is 1. The number of hydrogen-bond acceptors (Lipinski definition) is 4. The van der Waals surface area contributed by atoms with Crippen molar-refractivity contribution in [3.63, 3.8) is 0 Å². The summed E-state index contributed by atoms with van der Waals surface area (Å²) in [5.41, 5.74) is 7.32. The van der Waals surface area contributed by atoms with E-state index in [9.17, 15) is 9.90 Å². The van der Waals surface area contributed by atoms with Crippen LogP contribution in [0.5, 0.6) is 5.75 Å². The van der Waals surface area contributed by atoms with Crippen molar-refractivity contribution in [2.75, 3.05) is 13.2 Å². The molecule has 1 aromatic rings. The Morgan fingerprint density at radius 2 is 1.82 bits per heavy atom. The van der Waals surface area contributed by atoms with Gasteiger partial charge in [0.25, 0.3) is 0 Å². The van der Waals surface area contributed by atoms with Crippen LogP contribution in [0.25, 0.3) is 0 Å². The zero-order chi connectivity index (χ0) is 16.9. The fourth-order valence-corrected chi connectivity index (χ4v) is 2.36. The maximum Gasteiger partial charge on any atom is 0.235 e. The summed E-state index contributed by atoms with van der Waals surface area (Å²) in [6, 6.07) is 5.41. The van der Waals surface area contributed by atoms with Crippen molar-refractivity contribution in [1.82, 2.24) is 5.32 Å². The van der Waals surface area contributed by atoms with Crippen LogP contribution in [0.3, 0.4) is 0 Å². The smallest absolute Gasteiger partial charge is 0.235 e. The molecule has 22 heavy (non-hydrogen) atoms. The molecule has 0 aliphatic heterocycles. The number of aryl methyl sites for hydroxylation is 2. The number of rotatable bonds is 7. The Hall–Kier alpha value is -1.59. The monoisotopic (exact) mass is 308 g/mol. The number of aliphatic hydroxyl groups excluding tert-OH is 1. The lowest BCUT2D eigenvalue weighted by Crippen LogP contribution is -2.52. The van der Waals surface area contributed by atoms with Gasteiger partial charge in [0.1, 0.15) is 18.5 Å². The lowest BCUT2D eigenvalue weighted by atomic mass is 9.86. The quantitative estimate of drug-likeness (QED) is 0.713. The first-order valence-electron chi connectivity index (χ1n) is 7.51. The summed E-state index contributed by atoms with van der Waals surface area (Å²) in [7, 11) is 0. The molecule has 0 radical (unpaired) electrons. The predicted octanol–water partition coefficient (Wildman–Crippen LogP) is 1.53. The average Bonchev–Trinajstić information content (AvgIpc) is 2.33. The van der Waals surface area contributed by atoms with Crippen molar-refractivity contribution in [1.29, 1.82) is 0 Å². The first kappa shape index (κ1) is 18.5. The molecule has 2 atom stereocenters. The molecule has 0 saturated carbocycles. The Morgan fingerprint density at radius 3 is 2.27 bits per heavy atom. The lowest BCUT2D eigenvalue weighted by Gasteiger charge is -2.29. The van der Waals surface area contributed by atoms with E-state index in [0.717, 1.165) is 16.9 Å². The second-order valence-electron chi connectivity index (χ2n) is 6.90. The molecule has 0 aliphatic carbocycles. The number of carbonyl (C=O) groups is 1. The molecular weight excluding hydrogens is 280 g/mol. The van der Waals surface area contributed by atoms with E-state index in [1.165, 1.54) is 0 Å². The van der Waals surface area contributed by atoms with E-state index >= 15 is 0 Å². The summed E-state index contributed by atoms with van der Waals surface area (Å²) in [6.07, 6.45) is -0.718. The van der Waals surface area contributed by atoms with Crippen LogP contribution >= 0.6 is 0 Å². The normalized spacial score (nSPS) is 14.5. The van der Waals surface area contributed by atoms with Crippen LogP contribution in [0.4, 0.5) is 0 Å². The van der Waals surface area contributed by atoms with E-state index in [0.29, 0.717) is 0 Å². The predicted molar refractivity (Wildman–Crippen MR) is 87.9 cm³/mol. The first-order chi connectivity index (χ1) is 10.1. The van der Waals surface area contributed by atoms with Gasteiger partial charge in [0.05, 0.1) is 6.04 Å². The second kappa shape index (κ2) is 7.61. The van der Waals surface area contributed by atoms with E-state index in [-0.39, 0.29) is 18.6 Å². The number of aliphatic hydroxyl groups is 1. The number of nitrogens with two attached hydrogens (primary N) is 1. The highest BCUT2D eigenvalue weighted by atomic mass is 16.5. The Kier molecular flexibility index (Phi) is 6.38. The Morgan fingerprint density at radius 1 is 1.27 bits per heavy atom. The molecule has 5 heteroatoms. The van der Waals surface area contributed by atoms with Crippen molar-refractivity contribution in [2.45, 2.75) is 46.8 Å². The van der Waals surface area contributed by atoms with Crippen molar-refractivity contribution in [2.24, 2.45) is 11.1 Å². The van der Waals surface area contributed by atoms with Crippen LogP contribution in [0.2, 0.25) is 0 Å². The van der Waals surface area contributed by atoms with Gasteiger partial charge >= 0.3 is 0 Å². The van der Waals surface area contributed by atoms with Crippen molar-refractivity contribution < 1.29 is 14.6 Å². The lowest BCUT2D eigenvalue weighted by molar-refractivity contribution is -0.122. The van der Waals surface area contributed by atoms with Crippen LogP contribution in [-0.2, 0) is 4.79 Å². The molecule has 1 unspecified atom stereocenters. The van der Waals surface area contributed by atoms with Gasteiger partial charge in [0.15, 0.2) is 0 Å². The molecule has 124 valence electrons. The summed E-state index contributed by atoms with van der Waals surface area (Å²) in [4.78, 5) is 11.5. The van der Waals surface area contributed by atoms with Crippen LogP contribution in [-0.4, -0.2) is 36.3 Å². The topological polar surface area (TPSA) is 84.6 Å². The molecule has 0 heterocycles. The molecule has 0 bridgehead atoms. The van der Waals surface area contributed by atoms with E-state index in [1.54, 1.807) is 0 Å². The highest BCUT2D eigenvalue weighted by Crippen LogP contribution is 2.19. The summed E-state index contributed by atoms with van der Waals surface area (Å²) >= 11 is 0. The second-order valence-corrected chi connectivity index (χ2v) is 6.90. The zero-order valence-electron chi connectivity index (χ0n) is 14.1. The Labute approximate surface area is 132 Å². The van der Waals surface area contributed by atoms with Gasteiger partial charge < -0.3 is 20.9 Å². The maximum absolute atomic E-state index is 11.5. The molecule has 0 spiro atoms. The minimum Gasteiger partial charge on any atom is -0.491 e. The number of hydrogen-bond donors (Lipinski definition) is 3. The molecule has 0 fully saturated rings. The van der Waals surface area contributed by atoms with Gasteiger partial charge in [-0.2, -0.15) is 0 Å². The minimum atomic E-state index is -0.718. The third kappa shape index (κ3) is 6.03. The van der Waals surface area contributed by atoms with E-state index in [2.05, 4.69) is 11.4 Å². The number of benzene rings is 1. The van der Waals surface area contributed by atoms with E-state index < -0.39 is 18.1 Å². The van der Waals surface area contributed by atoms with E-state index in [4.69, 9.17) is 10.5 Å². The number of ether oxygens (including phenoxy) is 1. The largest absolute Gasteiger partial charge is 0.491 e. The van der Waals surface area contributed by atoms with Gasteiger partial charge in [-0.3, -0.25) is 4.79 Å². The van der Waals surface area contributed by atoms with Crippen molar-refractivity contribution in [3.05, 3.63) is 29.3 Å². The van der Waals surface area contributed by atoms with Gasteiger partial charge in [0.2, 0.25) is 5.91 Å². The highest BCUT2D eigenvalue weighted by molar-refractivity contribution is 5.80. The Balaban J connectivity index is 2.49. The van der Waals surface area contributed by atoms with E-state index in [1.807, 2.05) is 46.8 Å². The Bertz CT molecular complexity index is 489. The standard InChI is InChI=1S/C17H28N2O3/c1-11-6-12(2)8-14(7-11)22-10-13(20)9-19-15(16(18)21)17(3,4)5/h6-8,13,15,19-20H,9-10H2,1-5H3,(H2,18,21)/t13?,15-/m1/s1. The summed E-state index contributed by atoms with van der Waals surface area (Å²) in [5, 5.41) is 13.0. The molecular formula is C17H28N2O3. The van der Waals surface area contributed by atoms with Crippen molar-refractivity contribution in [3.8, 4) is 5.75 Å². The van der Waals surface area contributed by atoms with Crippen LogP contribution in [0.15, 0.2) is 18.2 Å². The zero-order valence-corrected chi connectivity index (χ0v) is 14.1. The summed E-state index contributed by atoms with van der Waals surface area (Å²) in [5.74, 6) is 0.314. The molecule has 5 nitrogen and oxygen atoms in total. The van der Waals surface area contributed by atoms with Gasteiger partial charge in [-0.15, -0.1) is 0 Å². The molecule has 1 amide bonds. The SMILES string of the molecule is Cc1cc(C)cc(OCC(O)CN[C@H](C(N)=O)C(C)(C)C)c1. The third-order valence-corrected chi connectivity index (χ3v) is 3.35. The van der Waals surface area contributed by atoms with Gasteiger partial charge in [-0.1, -0.05) is 26.8 Å². The summed E-state index contributed by atoms with van der Waals surface area (Å²) in [6.45, 7) is 10.2. The maximum atomic E-state index is 11.5. The molecule has 4 N–H and O–H groups in total. The fourth-order valence-electron chi connectivity index (χ4n) is 2.36. The van der Waals surface area contributed by atoms with Crippen LogP contribution in [0, 0.1) is 19.3 Å². The molecule has 0 aliphatic rings. The van der Waals surface area contributed by atoms with Crippen molar-refractivity contribution >= 4 is 5.91 Å². The number of primary amides is 1. The number of amides is 1. The molecule has 1 rings (SSSR count).